The number of hydrogen-bond acceptors (Lipinski definition) is 4. The van der Waals surface area contributed by atoms with Crippen LogP contribution in [0.3, 0.4) is 0 Å². The maximum atomic E-state index is 12.4. The van der Waals surface area contributed by atoms with Gasteiger partial charge in [-0.3, -0.25) is 0 Å². The third kappa shape index (κ3) is 3.29. The highest BCUT2D eigenvalue weighted by Crippen LogP contribution is 2.41. The lowest BCUT2D eigenvalue weighted by Crippen LogP contribution is -2.21. The van der Waals surface area contributed by atoms with Gasteiger partial charge in [-0.15, -0.1) is 13.2 Å². The van der Waals surface area contributed by atoms with Gasteiger partial charge in [0.1, 0.15) is 22.9 Å². The highest BCUT2D eigenvalue weighted by atomic mass is 19.4. The van der Waals surface area contributed by atoms with Crippen molar-refractivity contribution in [3.05, 3.63) is 11.6 Å². The van der Waals surface area contributed by atoms with Gasteiger partial charge in [0.05, 0.1) is 0 Å². The van der Waals surface area contributed by atoms with Gasteiger partial charge in [-0.05, 0) is 0 Å². The van der Waals surface area contributed by atoms with Gasteiger partial charge in [0.25, 0.3) is 0 Å². The van der Waals surface area contributed by atoms with Crippen LogP contribution < -0.4 is 16.2 Å². The minimum Gasteiger partial charge on any atom is -0.405 e. The molecule has 0 aliphatic rings. The minimum atomic E-state index is -5.29. The Labute approximate surface area is 90.2 Å². The van der Waals surface area contributed by atoms with E-state index in [2.05, 4.69) is 9.72 Å². The molecule has 0 radical (unpaired) electrons. The van der Waals surface area contributed by atoms with Crippen LogP contribution in [0.25, 0.3) is 0 Å². The van der Waals surface area contributed by atoms with Crippen LogP contribution in [0.15, 0.2) is 6.07 Å². The lowest BCUT2D eigenvalue weighted by atomic mass is 10.2. The molecule has 10 heteroatoms. The van der Waals surface area contributed by atoms with Gasteiger partial charge in [0.2, 0.25) is 0 Å². The Morgan fingerprint density at radius 2 is 1.59 bits per heavy atom. The molecule has 0 atom stereocenters. The first-order chi connectivity index (χ1) is 7.50. The number of hydrogen-bond donors (Lipinski definition) is 2. The highest BCUT2D eigenvalue weighted by Gasteiger charge is 2.42. The average Bonchev–Trinajstić information content (AvgIpc) is 1.94. The van der Waals surface area contributed by atoms with Crippen molar-refractivity contribution < 1.29 is 31.1 Å². The number of rotatable bonds is 1. The Hall–Kier alpha value is -1.87. The van der Waals surface area contributed by atoms with E-state index in [1.165, 1.54) is 0 Å². The molecule has 17 heavy (non-hydrogen) atoms. The molecule has 1 rings (SSSR count). The summed E-state index contributed by atoms with van der Waals surface area (Å²) >= 11 is 0. The molecular weight excluding hydrogens is 256 g/mol. The molecule has 0 amide bonds. The number of pyridine rings is 1. The van der Waals surface area contributed by atoms with Crippen molar-refractivity contribution in [2.45, 2.75) is 12.5 Å². The van der Waals surface area contributed by atoms with Crippen LogP contribution in [0.1, 0.15) is 5.56 Å². The molecule has 0 fully saturated rings. The summed E-state index contributed by atoms with van der Waals surface area (Å²) in [6.45, 7) is 0. The number of aromatic nitrogens is 1. The number of nitrogens with two attached hydrogens (primary N) is 2. The molecule has 0 aliphatic heterocycles. The van der Waals surface area contributed by atoms with Gasteiger partial charge in [0.15, 0.2) is 0 Å². The second-order valence-electron chi connectivity index (χ2n) is 2.85. The minimum absolute atomic E-state index is 0.298. The molecular formula is C7H5F6N3O. The van der Waals surface area contributed by atoms with E-state index in [1.807, 2.05) is 0 Å². The molecule has 0 saturated carbocycles. The maximum Gasteiger partial charge on any atom is 0.573 e. The monoisotopic (exact) mass is 261 g/mol. The van der Waals surface area contributed by atoms with E-state index in [9.17, 15) is 26.3 Å². The van der Waals surface area contributed by atoms with Gasteiger partial charge in [-0.1, -0.05) is 0 Å². The molecule has 0 aliphatic carbocycles. The van der Waals surface area contributed by atoms with Crippen molar-refractivity contribution in [2.75, 3.05) is 11.5 Å². The normalized spacial score (nSPS) is 12.6. The molecule has 4 N–H and O–H groups in total. The van der Waals surface area contributed by atoms with Crippen LogP contribution in [0.5, 0.6) is 5.75 Å². The van der Waals surface area contributed by atoms with Crippen LogP contribution in [0.2, 0.25) is 0 Å². The van der Waals surface area contributed by atoms with Crippen LogP contribution in [0.4, 0.5) is 38.0 Å². The van der Waals surface area contributed by atoms with Crippen LogP contribution >= 0.6 is 0 Å². The van der Waals surface area contributed by atoms with E-state index < -0.39 is 35.5 Å². The van der Waals surface area contributed by atoms with E-state index in [-0.39, 0.29) is 0 Å². The number of nitrogen functional groups attached to an aromatic ring is 2. The molecule has 0 bridgehead atoms. The fourth-order valence-electron chi connectivity index (χ4n) is 1.05. The predicted molar refractivity (Wildman–Crippen MR) is 44.7 cm³/mol. The summed E-state index contributed by atoms with van der Waals surface area (Å²) < 4.78 is 76.1. The molecule has 1 aromatic rings. The zero-order chi connectivity index (χ0) is 13.4. The molecule has 0 saturated heterocycles. The van der Waals surface area contributed by atoms with Crippen molar-refractivity contribution in [2.24, 2.45) is 0 Å². The molecule has 4 nitrogen and oxygen atoms in total. The Bertz CT molecular complexity index is 427. The smallest absolute Gasteiger partial charge is 0.405 e. The van der Waals surface area contributed by atoms with Crippen LogP contribution in [-0.2, 0) is 6.18 Å². The van der Waals surface area contributed by atoms with E-state index in [1.54, 1.807) is 0 Å². The highest BCUT2D eigenvalue weighted by molar-refractivity contribution is 5.56. The third-order valence-corrected chi connectivity index (χ3v) is 1.54. The van der Waals surface area contributed by atoms with Crippen molar-refractivity contribution in [1.82, 2.24) is 4.98 Å². The summed E-state index contributed by atoms with van der Waals surface area (Å²) in [5, 5.41) is 0. The fraction of sp³-hybridized carbons (Fsp3) is 0.286. The first-order valence-corrected chi connectivity index (χ1v) is 3.89. The third-order valence-electron chi connectivity index (χ3n) is 1.54. The first kappa shape index (κ1) is 13.2. The molecule has 1 aromatic heterocycles. The maximum absolute atomic E-state index is 12.4. The molecule has 1 heterocycles. The van der Waals surface area contributed by atoms with Gasteiger partial charge < -0.3 is 16.2 Å². The van der Waals surface area contributed by atoms with Crippen molar-refractivity contribution in [3.8, 4) is 5.75 Å². The summed E-state index contributed by atoms with van der Waals surface area (Å²) in [7, 11) is 0. The Kier molecular flexibility index (Phi) is 2.99. The zero-order valence-corrected chi connectivity index (χ0v) is 7.86. The molecule has 0 aromatic carbocycles. The standard InChI is InChI=1S/C7H5F6N3O/c8-6(9,10)4-2(17-7(11,12)13)1-3(14)16-5(4)15/h1H,(H4,14,15,16). The summed E-state index contributed by atoms with van der Waals surface area (Å²) in [5.41, 5.74) is 8.04. The van der Waals surface area contributed by atoms with Gasteiger partial charge in [-0.25, -0.2) is 4.98 Å². The molecule has 96 valence electrons. The van der Waals surface area contributed by atoms with Crippen molar-refractivity contribution in [3.63, 3.8) is 0 Å². The van der Waals surface area contributed by atoms with Crippen LogP contribution in [0, 0.1) is 0 Å². The Balaban J connectivity index is 3.36. The van der Waals surface area contributed by atoms with E-state index in [0.29, 0.717) is 6.07 Å². The van der Waals surface area contributed by atoms with Gasteiger partial charge in [-0.2, -0.15) is 13.2 Å². The summed E-state index contributed by atoms with van der Waals surface area (Å²) in [6, 6.07) is 0.298. The number of anilines is 2. The lowest BCUT2D eigenvalue weighted by Gasteiger charge is -2.16. The second kappa shape index (κ2) is 3.86. The van der Waals surface area contributed by atoms with Crippen molar-refractivity contribution >= 4 is 11.6 Å². The average molecular weight is 261 g/mol. The van der Waals surface area contributed by atoms with E-state index in [4.69, 9.17) is 11.5 Å². The summed E-state index contributed by atoms with van der Waals surface area (Å²) in [5.74, 6) is -3.33. The lowest BCUT2D eigenvalue weighted by molar-refractivity contribution is -0.276. The van der Waals surface area contributed by atoms with E-state index >= 15 is 0 Å². The molecule has 0 unspecified atom stereocenters. The Morgan fingerprint density at radius 3 is 2.00 bits per heavy atom. The topological polar surface area (TPSA) is 74.2 Å². The largest absolute Gasteiger partial charge is 0.573 e. The fourth-order valence-corrected chi connectivity index (χ4v) is 1.05. The number of halogens is 6. The van der Waals surface area contributed by atoms with Gasteiger partial charge in [0, 0.05) is 6.07 Å². The predicted octanol–water partition coefficient (Wildman–Crippen LogP) is 2.16. The number of nitrogens with zero attached hydrogens (tertiary/aromatic N) is 1. The second-order valence-corrected chi connectivity index (χ2v) is 2.85. The Morgan fingerprint density at radius 1 is 1.06 bits per heavy atom. The van der Waals surface area contributed by atoms with E-state index in [0.717, 1.165) is 0 Å². The SMILES string of the molecule is Nc1cc(OC(F)(F)F)c(C(F)(F)F)c(N)n1. The van der Waals surface area contributed by atoms with Crippen molar-refractivity contribution in [1.29, 1.82) is 0 Å². The summed E-state index contributed by atoms with van der Waals surface area (Å²) in [6.07, 6.45) is -10.4. The summed E-state index contributed by atoms with van der Waals surface area (Å²) in [4.78, 5) is 3.02. The van der Waals surface area contributed by atoms with Crippen LogP contribution in [-0.4, -0.2) is 11.3 Å². The zero-order valence-electron chi connectivity index (χ0n) is 7.86. The van der Waals surface area contributed by atoms with Gasteiger partial charge >= 0.3 is 12.5 Å². The molecule has 0 spiro atoms. The quantitative estimate of drug-likeness (QED) is 0.760. The first-order valence-electron chi connectivity index (χ1n) is 3.89. The number of alkyl halides is 6. The number of ether oxygens (including phenoxy) is 1.